The van der Waals surface area contributed by atoms with E-state index in [1.54, 1.807) is 18.2 Å². The van der Waals surface area contributed by atoms with Crippen molar-refractivity contribution in [2.45, 2.75) is 6.92 Å². The van der Waals surface area contributed by atoms with Crippen LogP contribution >= 0.6 is 11.7 Å². The molecule has 2 amide bonds. The Kier molecular flexibility index (Phi) is 4.26. The first-order valence-corrected chi connectivity index (χ1v) is 6.37. The molecule has 0 unspecified atom stereocenters. The van der Waals surface area contributed by atoms with Gasteiger partial charge in [-0.25, -0.2) is 0 Å². The van der Waals surface area contributed by atoms with Crippen LogP contribution in [-0.2, 0) is 4.79 Å². The Bertz CT molecular complexity index is 628. The number of carbonyl (C=O) groups excluding carboxylic acids is 2. The highest BCUT2D eigenvalue weighted by Gasteiger charge is 2.11. The molecule has 0 fully saturated rings. The lowest BCUT2D eigenvalue weighted by Gasteiger charge is -2.11. The molecule has 1 heterocycles. The number of benzene rings is 1. The Labute approximate surface area is 119 Å². The molecule has 7 nitrogen and oxygen atoms in total. The Morgan fingerprint density at radius 1 is 1.30 bits per heavy atom. The van der Waals surface area contributed by atoms with E-state index in [9.17, 15) is 9.59 Å². The number of nitrogens with zero attached hydrogens (tertiary/aromatic N) is 2. The third kappa shape index (κ3) is 3.29. The molecule has 0 atom stereocenters. The maximum absolute atomic E-state index is 11.8. The topological polar surface area (TPSA) is 93.2 Å². The van der Waals surface area contributed by atoms with Crippen molar-refractivity contribution < 1.29 is 14.3 Å². The van der Waals surface area contributed by atoms with Crippen molar-refractivity contribution in [3.05, 3.63) is 30.1 Å². The quantitative estimate of drug-likeness (QED) is 0.895. The number of amides is 2. The molecule has 1 aromatic carbocycles. The van der Waals surface area contributed by atoms with Gasteiger partial charge in [0.2, 0.25) is 5.91 Å². The Morgan fingerprint density at radius 3 is 2.70 bits per heavy atom. The molecule has 0 bridgehead atoms. The molecule has 2 aromatic rings. The van der Waals surface area contributed by atoms with Crippen LogP contribution in [0.15, 0.2) is 24.4 Å². The summed E-state index contributed by atoms with van der Waals surface area (Å²) in [6, 6.07) is 4.93. The first-order chi connectivity index (χ1) is 9.60. The van der Waals surface area contributed by atoms with Gasteiger partial charge in [0.1, 0.15) is 5.75 Å². The van der Waals surface area contributed by atoms with Crippen LogP contribution in [0.4, 0.5) is 11.4 Å². The van der Waals surface area contributed by atoms with Crippen molar-refractivity contribution in [1.29, 1.82) is 0 Å². The second kappa shape index (κ2) is 6.11. The summed E-state index contributed by atoms with van der Waals surface area (Å²) < 4.78 is 12.7. The average molecular weight is 292 g/mol. The van der Waals surface area contributed by atoms with Crippen LogP contribution in [0.25, 0.3) is 0 Å². The highest BCUT2D eigenvalue weighted by atomic mass is 32.1. The summed E-state index contributed by atoms with van der Waals surface area (Å²) in [6.45, 7) is 1.39. The van der Waals surface area contributed by atoms with Gasteiger partial charge in [0.15, 0.2) is 5.69 Å². The zero-order chi connectivity index (χ0) is 14.5. The van der Waals surface area contributed by atoms with Crippen LogP contribution in [0.1, 0.15) is 17.4 Å². The zero-order valence-electron chi connectivity index (χ0n) is 10.8. The molecule has 0 aliphatic rings. The highest BCUT2D eigenvalue weighted by Crippen LogP contribution is 2.27. The van der Waals surface area contributed by atoms with Crippen molar-refractivity contribution in [3.63, 3.8) is 0 Å². The van der Waals surface area contributed by atoms with Crippen LogP contribution in [0.3, 0.4) is 0 Å². The number of hydrogen-bond acceptors (Lipinski definition) is 6. The summed E-state index contributed by atoms with van der Waals surface area (Å²) >= 11 is 0.958. The van der Waals surface area contributed by atoms with Gasteiger partial charge in [-0.1, -0.05) is 0 Å². The molecule has 0 aliphatic carbocycles. The second-order valence-corrected chi connectivity index (χ2v) is 4.40. The van der Waals surface area contributed by atoms with Crippen LogP contribution in [0.2, 0.25) is 0 Å². The number of methoxy groups -OCH3 is 1. The van der Waals surface area contributed by atoms with E-state index >= 15 is 0 Å². The van der Waals surface area contributed by atoms with Crippen LogP contribution in [0, 0.1) is 0 Å². The van der Waals surface area contributed by atoms with Gasteiger partial charge >= 0.3 is 0 Å². The standard InChI is InChI=1S/C12H12N4O3S/c1-7(17)14-9-5-8(3-4-11(9)19-2)15-12(18)10-6-13-20-16-10/h3-6H,1-2H3,(H,14,17)(H,15,18). The second-order valence-electron chi connectivity index (χ2n) is 3.84. The van der Waals surface area contributed by atoms with E-state index < -0.39 is 0 Å². The Morgan fingerprint density at radius 2 is 2.10 bits per heavy atom. The van der Waals surface area contributed by atoms with Crippen LogP contribution in [0.5, 0.6) is 5.75 Å². The van der Waals surface area contributed by atoms with E-state index in [-0.39, 0.29) is 17.5 Å². The molecular weight excluding hydrogens is 280 g/mol. The zero-order valence-corrected chi connectivity index (χ0v) is 11.7. The van der Waals surface area contributed by atoms with Gasteiger partial charge in [-0.15, -0.1) is 0 Å². The molecule has 104 valence electrons. The number of hydrogen-bond donors (Lipinski definition) is 2. The SMILES string of the molecule is COc1ccc(NC(=O)c2cnsn2)cc1NC(C)=O. The number of rotatable bonds is 4. The number of nitrogens with one attached hydrogen (secondary N) is 2. The summed E-state index contributed by atoms with van der Waals surface area (Å²) in [4.78, 5) is 23.0. The lowest BCUT2D eigenvalue weighted by molar-refractivity contribution is -0.114. The van der Waals surface area contributed by atoms with E-state index in [1.165, 1.54) is 20.2 Å². The summed E-state index contributed by atoms with van der Waals surface area (Å²) in [5.41, 5.74) is 1.24. The van der Waals surface area contributed by atoms with Crippen LogP contribution in [-0.4, -0.2) is 27.7 Å². The molecule has 0 radical (unpaired) electrons. The third-order valence-electron chi connectivity index (χ3n) is 2.36. The summed E-state index contributed by atoms with van der Waals surface area (Å²) in [5, 5.41) is 5.30. The predicted octanol–water partition coefficient (Wildman–Crippen LogP) is 1.76. The number of aromatic nitrogens is 2. The van der Waals surface area contributed by atoms with Crippen molar-refractivity contribution >= 4 is 34.9 Å². The van der Waals surface area contributed by atoms with Crippen molar-refractivity contribution in [1.82, 2.24) is 8.75 Å². The monoisotopic (exact) mass is 292 g/mol. The van der Waals surface area contributed by atoms with Gasteiger partial charge in [0, 0.05) is 12.6 Å². The van der Waals surface area contributed by atoms with Gasteiger partial charge in [0.25, 0.3) is 5.91 Å². The molecule has 20 heavy (non-hydrogen) atoms. The fourth-order valence-electron chi connectivity index (χ4n) is 1.53. The van der Waals surface area contributed by atoms with Crippen molar-refractivity contribution in [2.75, 3.05) is 17.7 Å². The maximum Gasteiger partial charge on any atom is 0.277 e. The van der Waals surface area contributed by atoms with Gasteiger partial charge < -0.3 is 15.4 Å². The average Bonchev–Trinajstić information content (AvgIpc) is 2.92. The number of anilines is 2. The van der Waals surface area contributed by atoms with Gasteiger partial charge in [-0.3, -0.25) is 9.59 Å². The molecule has 1 aromatic heterocycles. The van der Waals surface area contributed by atoms with E-state index in [0.29, 0.717) is 17.1 Å². The van der Waals surface area contributed by atoms with E-state index in [4.69, 9.17) is 4.74 Å². The normalized spacial score (nSPS) is 9.90. The fraction of sp³-hybridized carbons (Fsp3) is 0.167. The summed E-state index contributed by atoms with van der Waals surface area (Å²) in [7, 11) is 1.50. The smallest absolute Gasteiger partial charge is 0.277 e. The van der Waals surface area contributed by atoms with E-state index in [2.05, 4.69) is 19.4 Å². The summed E-state index contributed by atoms with van der Waals surface area (Å²) in [5.74, 6) is -0.0818. The van der Waals surface area contributed by atoms with E-state index in [1.807, 2.05) is 0 Å². The minimum absolute atomic E-state index is 0.226. The molecule has 0 saturated heterocycles. The highest BCUT2D eigenvalue weighted by molar-refractivity contribution is 6.99. The lowest BCUT2D eigenvalue weighted by Crippen LogP contribution is -2.13. The lowest BCUT2D eigenvalue weighted by atomic mass is 10.2. The predicted molar refractivity (Wildman–Crippen MR) is 75.2 cm³/mol. The third-order valence-corrected chi connectivity index (χ3v) is 2.84. The molecular formula is C12H12N4O3S. The fourth-order valence-corrected chi connectivity index (χ4v) is 1.95. The summed E-state index contributed by atoms with van der Waals surface area (Å²) in [6.07, 6.45) is 1.39. The Balaban J connectivity index is 2.20. The first-order valence-electron chi connectivity index (χ1n) is 5.64. The van der Waals surface area contributed by atoms with Crippen molar-refractivity contribution in [3.8, 4) is 5.75 Å². The molecule has 0 spiro atoms. The van der Waals surface area contributed by atoms with Gasteiger partial charge in [0.05, 0.1) is 30.7 Å². The molecule has 0 saturated carbocycles. The molecule has 8 heteroatoms. The maximum atomic E-state index is 11.8. The minimum Gasteiger partial charge on any atom is -0.495 e. The van der Waals surface area contributed by atoms with Gasteiger partial charge in [-0.05, 0) is 18.2 Å². The number of ether oxygens (including phenoxy) is 1. The molecule has 0 aliphatic heterocycles. The van der Waals surface area contributed by atoms with Crippen molar-refractivity contribution in [2.24, 2.45) is 0 Å². The largest absolute Gasteiger partial charge is 0.495 e. The number of carbonyl (C=O) groups is 2. The van der Waals surface area contributed by atoms with E-state index in [0.717, 1.165) is 11.7 Å². The minimum atomic E-state index is -0.363. The van der Waals surface area contributed by atoms with Gasteiger partial charge in [-0.2, -0.15) is 8.75 Å². The van der Waals surface area contributed by atoms with Crippen LogP contribution < -0.4 is 15.4 Å². The first kappa shape index (κ1) is 13.9. The molecule has 2 N–H and O–H groups in total. The Hall–Kier alpha value is -2.48. The molecule has 2 rings (SSSR count).